The van der Waals surface area contributed by atoms with Gasteiger partial charge in [0.15, 0.2) is 11.6 Å². The maximum Gasteiger partial charge on any atom is 0.243 e. The molecule has 2 aromatic carbocycles. The molecule has 26 heavy (non-hydrogen) atoms. The molecule has 1 amide bonds. The van der Waals surface area contributed by atoms with Crippen LogP contribution < -0.4 is 20.9 Å². The number of nitrogens with one attached hydrogen (secondary N) is 3. The Hall–Kier alpha value is -2.38. The fraction of sp³-hybridized carbons (Fsp3) is 0.278. The van der Waals surface area contributed by atoms with Gasteiger partial charge in [0, 0.05) is 43.6 Å². The standard InChI is InChI=1S/C18H19ClF2N4O/c19-14-3-2-13(25-7-5-22-6-8-25)10-17(14)24-18(26)11-23-12-1-4-15(20)16(21)9-12/h1-4,9-10,22-23H,5-8,11H2,(H,24,26). The first kappa shape index (κ1) is 18.4. The van der Waals surface area contributed by atoms with E-state index in [1.165, 1.54) is 6.07 Å². The Labute approximate surface area is 155 Å². The molecule has 1 aliphatic rings. The smallest absolute Gasteiger partial charge is 0.243 e. The number of carbonyl (C=O) groups is 1. The first-order valence-electron chi connectivity index (χ1n) is 8.27. The summed E-state index contributed by atoms with van der Waals surface area (Å²) in [5, 5.41) is 9.21. The van der Waals surface area contributed by atoms with E-state index in [-0.39, 0.29) is 12.5 Å². The molecule has 0 atom stereocenters. The van der Waals surface area contributed by atoms with Crippen LogP contribution in [0.25, 0.3) is 0 Å². The van der Waals surface area contributed by atoms with Crippen molar-refractivity contribution in [2.24, 2.45) is 0 Å². The molecule has 1 aliphatic heterocycles. The van der Waals surface area contributed by atoms with E-state index in [4.69, 9.17) is 11.6 Å². The van der Waals surface area contributed by atoms with E-state index in [0.29, 0.717) is 16.4 Å². The highest BCUT2D eigenvalue weighted by Crippen LogP contribution is 2.28. The van der Waals surface area contributed by atoms with Crippen molar-refractivity contribution in [3.63, 3.8) is 0 Å². The van der Waals surface area contributed by atoms with E-state index in [1.807, 2.05) is 12.1 Å². The lowest BCUT2D eigenvalue weighted by atomic mass is 10.2. The fourth-order valence-corrected chi connectivity index (χ4v) is 2.88. The normalized spacial score (nSPS) is 14.2. The van der Waals surface area contributed by atoms with Crippen molar-refractivity contribution in [2.45, 2.75) is 0 Å². The third-order valence-electron chi connectivity index (χ3n) is 4.08. The van der Waals surface area contributed by atoms with Crippen LogP contribution in [0.4, 0.5) is 25.8 Å². The van der Waals surface area contributed by atoms with E-state index >= 15 is 0 Å². The van der Waals surface area contributed by atoms with Crippen molar-refractivity contribution in [3.05, 3.63) is 53.1 Å². The molecule has 2 aromatic rings. The van der Waals surface area contributed by atoms with Crippen molar-refractivity contribution in [3.8, 4) is 0 Å². The number of rotatable bonds is 5. The molecule has 0 aliphatic carbocycles. The Morgan fingerprint density at radius 2 is 1.88 bits per heavy atom. The zero-order valence-corrected chi connectivity index (χ0v) is 14.7. The van der Waals surface area contributed by atoms with Crippen LogP contribution in [0.3, 0.4) is 0 Å². The van der Waals surface area contributed by atoms with Gasteiger partial charge in [-0.05, 0) is 30.3 Å². The molecule has 0 unspecified atom stereocenters. The van der Waals surface area contributed by atoms with Gasteiger partial charge in [-0.2, -0.15) is 0 Å². The summed E-state index contributed by atoms with van der Waals surface area (Å²) >= 11 is 6.18. The summed E-state index contributed by atoms with van der Waals surface area (Å²) in [6.07, 6.45) is 0. The van der Waals surface area contributed by atoms with Gasteiger partial charge in [0.2, 0.25) is 5.91 Å². The summed E-state index contributed by atoms with van der Waals surface area (Å²) in [6.45, 7) is 3.48. The van der Waals surface area contributed by atoms with E-state index in [0.717, 1.165) is 44.0 Å². The highest BCUT2D eigenvalue weighted by Gasteiger charge is 2.13. The minimum Gasteiger partial charge on any atom is -0.376 e. The number of anilines is 3. The molecule has 0 aromatic heterocycles. The maximum atomic E-state index is 13.2. The van der Waals surface area contributed by atoms with Gasteiger partial charge >= 0.3 is 0 Å². The second-order valence-electron chi connectivity index (χ2n) is 5.93. The number of hydrogen-bond acceptors (Lipinski definition) is 4. The Kier molecular flexibility index (Phi) is 5.90. The van der Waals surface area contributed by atoms with E-state index < -0.39 is 11.6 Å². The van der Waals surface area contributed by atoms with Crippen LogP contribution in [0.1, 0.15) is 0 Å². The first-order valence-corrected chi connectivity index (χ1v) is 8.65. The molecule has 0 spiro atoms. The molecule has 1 heterocycles. The fourth-order valence-electron chi connectivity index (χ4n) is 2.71. The van der Waals surface area contributed by atoms with Crippen LogP contribution in [0.5, 0.6) is 0 Å². The molecule has 3 rings (SSSR count). The zero-order valence-electron chi connectivity index (χ0n) is 14.0. The third kappa shape index (κ3) is 4.62. The molecule has 3 N–H and O–H groups in total. The summed E-state index contributed by atoms with van der Waals surface area (Å²) in [5.74, 6) is -2.24. The average Bonchev–Trinajstić information content (AvgIpc) is 2.65. The van der Waals surface area contributed by atoms with Crippen LogP contribution in [0.15, 0.2) is 36.4 Å². The van der Waals surface area contributed by atoms with Crippen LogP contribution >= 0.6 is 11.6 Å². The molecule has 8 heteroatoms. The minimum atomic E-state index is -0.970. The average molecular weight is 381 g/mol. The van der Waals surface area contributed by atoms with E-state index in [2.05, 4.69) is 20.9 Å². The van der Waals surface area contributed by atoms with Crippen LogP contribution in [-0.2, 0) is 4.79 Å². The van der Waals surface area contributed by atoms with Crippen molar-refractivity contribution in [1.82, 2.24) is 5.32 Å². The van der Waals surface area contributed by atoms with Gasteiger partial charge in [0.1, 0.15) is 0 Å². The second kappa shape index (κ2) is 8.33. The quantitative estimate of drug-likeness (QED) is 0.746. The predicted molar refractivity (Wildman–Crippen MR) is 100 cm³/mol. The number of halogens is 3. The highest BCUT2D eigenvalue weighted by molar-refractivity contribution is 6.33. The minimum absolute atomic E-state index is 0.0980. The molecule has 0 radical (unpaired) electrons. The SMILES string of the molecule is O=C(CNc1ccc(F)c(F)c1)Nc1cc(N2CCNCC2)ccc1Cl. The van der Waals surface area contributed by atoms with Crippen molar-refractivity contribution >= 4 is 34.6 Å². The van der Waals surface area contributed by atoms with Gasteiger partial charge in [0.05, 0.1) is 17.3 Å². The number of benzene rings is 2. The van der Waals surface area contributed by atoms with Gasteiger partial charge in [-0.1, -0.05) is 11.6 Å². The molecule has 1 fully saturated rings. The van der Waals surface area contributed by atoms with Gasteiger partial charge in [-0.15, -0.1) is 0 Å². The molecular weight excluding hydrogens is 362 g/mol. The van der Waals surface area contributed by atoms with Crippen molar-refractivity contribution in [1.29, 1.82) is 0 Å². The first-order chi connectivity index (χ1) is 12.5. The van der Waals surface area contributed by atoms with Gasteiger partial charge < -0.3 is 20.9 Å². The molecule has 0 saturated carbocycles. The summed E-state index contributed by atoms with van der Waals surface area (Å²) in [6, 6.07) is 8.87. The van der Waals surface area contributed by atoms with E-state index in [9.17, 15) is 13.6 Å². The molecule has 138 valence electrons. The Morgan fingerprint density at radius 3 is 2.62 bits per heavy atom. The van der Waals surface area contributed by atoms with Crippen molar-refractivity contribution < 1.29 is 13.6 Å². The topological polar surface area (TPSA) is 56.4 Å². The molecule has 5 nitrogen and oxygen atoms in total. The summed E-state index contributed by atoms with van der Waals surface area (Å²) in [4.78, 5) is 14.4. The lowest BCUT2D eigenvalue weighted by Crippen LogP contribution is -2.43. The summed E-state index contributed by atoms with van der Waals surface area (Å²) in [7, 11) is 0. The Bertz CT molecular complexity index is 797. The number of nitrogens with zero attached hydrogens (tertiary/aromatic N) is 1. The molecule has 0 bridgehead atoms. The number of hydrogen-bond donors (Lipinski definition) is 3. The largest absolute Gasteiger partial charge is 0.376 e. The predicted octanol–water partition coefficient (Wildman–Crippen LogP) is 3.08. The zero-order chi connectivity index (χ0) is 18.5. The Morgan fingerprint density at radius 1 is 1.12 bits per heavy atom. The lowest BCUT2D eigenvalue weighted by molar-refractivity contribution is -0.114. The summed E-state index contributed by atoms with van der Waals surface area (Å²) in [5.41, 5.74) is 1.82. The van der Waals surface area contributed by atoms with Gasteiger partial charge in [0.25, 0.3) is 0 Å². The second-order valence-corrected chi connectivity index (χ2v) is 6.34. The lowest BCUT2D eigenvalue weighted by Gasteiger charge is -2.29. The third-order valence-corrected chi connectivity index (χ3v) is 4.41. The van der Waals surface area contributed by atoms with Gasteiger partial charge in [-0.3, -0.25) is 4.79 Å². The van der Waals surface area contributed by atoms with Crippen LogP contribution in [-0.4, -0.2) is 38.6 Å². The monoisotopic (exact) mass is 380 g/mol. The Balaban J connectivity index is 1.61. The van der Waals surface area contributed by atoms with E-state index in [1.54, 1.807) is 6.07 Å². The molecular formula is C18H19ClF2N4O. The summed E-state index contributed by atoms with van der Waals surface area (Å²) < 4.78 is 26.1. The maximum absolute atomic E-state index is 13.2. The number of piperazine rings is 1. The van der Waals surface area contributed by atoms with Gasteiger partial charge in [-0.25, -0.2) is 8.78 Å². The van der Waals surface area contributed by atoms with Crippen LogP contribution in [0, 0.1) is 11.6 Å². The highest BCUT2D eigenvalue weighted by atomic mass is 35.5. The van der Waals surface area contributed by atoms with Crippen molar-refractivity contribution in [2.75, 3.05) is 48.3 Å². The number of amides is 1. The van der Waals surface area contributed by atoms with Crippen LogP contribution in [0.2, 0.25) is 5.02 Å². The molecule has 1 saturated heterocycles. The number of carbonyl (C=O) groups excluding carboxylic acids is 1.